The van der Waals surface area contributed by atoms with Gasteiger partial charge in [0.05, 0.1) is 0 Å². The van der Waals surface area contributed by atoms with Gasteiger partial charge in [0.25, 0.3) is 0 Å². The van der Waals surface area contributed by atoms with E-state index in [9.17, 15) is 0 Å². The summed E-state index contributed by atoms with van der Waals surface area (Å²) in [6.07, 6.45) is 0. The summed E-state index contributed by atoms with van der Waals surface area (Å²) in [5, 5.41) is 7.89. The maximum atomic E-state index is 8.11. The van der Waals surface area contributed by atoms with E-state index in [4.69, 9.17) is 10.1 Å². The molecule has 0 bridgehead atoms. The molecule has 0 aliphatic heterocycles. The van der Waals surface area contributed by atoms with Crippen molar-refractivity contribution < 1.29 is 8.06 Å². The van der Waals surface area contributed by atoms with Crippen LogP contribution in [0.1, 0.15) is 2.85 Å². The Labute approximate surface area is 63.2 Å². The first-order valence-electron chi connectivity index (χ1n) is 0.383. The second kappa shape index (κ2) is 9.10. The molecule has 0 saturated carbocycles. The number of hydrogen-bond donors (Lipinski definition) is 1. The Kier molecular flexibility index (Phi) is 20.2. The molecule has 4 heteroatoms. The molecule has 22 valence electrons. The van der Waals surface area contributed by atoms with E-state index in [2.05, 4.69) is 0 Å². The third-order valence-corrected chi connectivity index (χ3v) is 0. The SMILES string of the molecule is O=NO.[H-].[H-].[Sr+2]. The molecule has 0 aliphatic rings. The Morgan fingerprint density at radius 2 is 2.00 bits per heavy atom. The Bertz CT molecular complexity index is 19.0. The van der Waals surface area contributed by atoms with Crippen molar-refractivity contribution in [3.8, 4) is 0 Å². The van der Waals surface area contributed by atoms with Gasteiger partial charge >= 0.3 is 45.5 Å². The average Bonchev–Trinajstić information content (AvgIpc) is 0.918. The molecule has 0 aliphatic carbocycles. The molecular formula is H3NO2Sr. The van der Waals surface area contributed by atoms with Crippen molar-refractivity contribution >= 4 is 45.5 Å². The minimum Gasteiger partial charge on any atom is -1.00 e. The Hall–Kier alpha value is 0.881. The van der Waals surface area contributed by atoms with Gasteiger partial charge in [0.1, 0.15) is 0 Å². The van der Waals surface area contributed by atoms with Gasteiger partial charge in [-0.3, -0.25) is 0 Å². The van der Waals surface area contributed by atoms with Crippen LogP contribution in [0.3, 0.4) is 0 Å². The molecule has 0 radical (unpaired) electrons. The quantitative estimate of drug-likeness (QED) is 0.289. The minimum atomic E-state index is 0. The third-order valence-electron chi connectivity index (χ3n) is 0. The molecule has 0 amide bonds. The monoisotopic (exact) mass is 137 g/mol. The predicted octanol–water partition coefficient (Wildman–Crippen LogP) is -0.0138. The van der Waals surface area contributed by atoms with Gasteiger partial charge in [0, 0.05) is 0 Å². The molecule has 0 fully saturated rings. The van der Waals surface area contributed by atoms with Gasteiger partial charge in [-0.25, -0.2) is 0 Å². The van der Waals surface area contributed by atoms with Gasteiger partial charge in [-0.1, -0.05) is 0 Å². The molecule has 4 heavy (non-hydrogen) atoms. The van der Waals surface area contributed by atoms with Crippen molar-refractivity contribution in [2.24, 2.45) is 5.34 Å². The van der Waals surface area contributed by atoms with Gasteiger partial charge in [-0.2, -0.15) is 0 Å². The molecule has 0 aromatic rings. The van der Waals surface area contributed by atoms with E-state index in [0.29, 0.717) is 0 Å². The van der Waals surface area contributed by atoms with Crippen molar-refractivity contribution in [1.29, 1.82) is 0 Å². The molecule has 0 heterocycles. The fraction of sp³-hybridized carbons (Fsp3) is 0. The van der Waals surface area contributed by atoms with Crippen molar-refractivity contribution in [3.05, 3.63) is 4.91 Å². The largest absolute Gasteiger partial charge is 2.00 e. The summed E-state index contributed by atoms with van der Waals surface area (Å²) in [7, 11) is 0. The molecule has 0 saturated heterocycles. The third kappa shape index (κ3) is 13.1. The number of nitrogens with zero attached hydrogens (tertiary/aromatic N) is 1. The van der Waals surface area contributed by atoms with E-state index in [0.717, 1.165) is 0 Å². The van der Waals surface area contributed by atoms with E-state index in [1.165, 1.54) is 5.34 Å². The smallest absolute Gasteiger partial charge is 1.00 e. The maximum Gasteiger partial charge on any atom is 2.00 e. The molecule has 0 atom stereocenters. The van der Waals surface area contributed by atoms with Gasteiger partial charge in [-0.05, 0) is 0 Å². The molecule has 0 aromatic carbocycles. The van der Waals surface area contributed by atoms with Crippen LogP contribution in [0.25, 0.3) is 0 Å². The molecule has 3 nitrogen and oxygen atoms in total. The van der Waals surface area contributed by atoms with Crippen LogP contribution < -0.4 is 0 Å². The van der Waals surface area contributed by atoms with E-state index >= 15 is 0 Å². The van der Waals surface area contributed by atoms with Crippen LogP contribution in [0.2, 0.25) is 0 Å². The normalized spacial score (nSPS) is 3.00. The van der Waals surface area contributed by atoms with Crippen molar-refractivity contribution in [2.45, 2.75) is 0 Å². The van der Waals surface area contributed by atoms with E-state index < -0.39 is 0 Å². The van der Waals surface area contributed by atoms with Gasteiger partial charge in [0.15, 0.2) is 5.34 Å². The fourth-order valence-corrected chi connectivity index (χ4v) is 0. The van der Waals surface area contributed by atoms with E-state index in [1.807, 2.05) is 0 Å². The summed E-state index contributed by atoms with van der Waals surface area (Å²) >= 11 is 0. The summed E-state index contributed by atoms with van der Waals surface area (Å²) in [5.74, 6) is 0. The first-order valence-corrected chi connectivity index (χ1v) is 0.383. The Balaban J connectivity index is -0.00000000667. The number of rotatable bonds is 0. The predicted molar refractivity (Wildman–Crippen MR) is 15.6 cm³/mol. The van der Waals surface area contributed by atoms with E-state index in [1.54, 1.807) is 0 Å². The molecule has 0 spiro atoms. The first-order chi connectivity index (χ1) is 1.41. The van der Waals surface area contributed by atoms with Crippen LogP contribution in [-0.4, -0.2) is 50.7 Å². The molecule has 0 rings (SSSR count). The van der Waals surface area contributed by atoms with Crippen LogP contribution in [-0.2, 0) is 0 Å². The van der Waals surface area contributed by atoms with Gasteiger partial charge < -0.3 is 8.06 Å². The zero-order valence-electron chi connectivity index (χ0n) is 4.01. The molecule has 1 N–H and O–H groups in total. The topological polar surface area (TPSA) is 49.7 Å². The Morgan fingerprint density at radius 3 is 2.00 bits per heavy atom. The second-order valence-corrected chi connectivity index (χ2v) is 0.0816. The zero-order chi connectivity index (χ0) is 2.71. The first kappa shape index (κ1) is 8.86. The fourth-order valence-electron chi connectivity index (χ4n) is 0. The zero-order valence-corrected chi connectivity index (χ0v) is 5.49. The number of hydrogen-bond acceptors (Lipinski definition) is 2. The molecule has 0 unspecified atom stereocenters. The maximum absolute atomic E-state index is 8.11. The van der Waals surface area contributed by atoms with Crippen molar-refractivity contribution in [1.82, 2.24) is 0 Å². The second-order valence-electron chi connectivity index (χ2n) is 0.0816. The summed E-state index contributed by atoms with van der Waals surface area (Å²) < 4.78 is 0. The molecule has 0 aromatic heterocycles. The van der Waals surface area contributed by atoms with Crippen LogP contribution in [0.5, 0.6) is 0 Å². The van der Waals surface area contributed by atoms with Crippen molar-refractivity contribution in [2.75, 3.05) is 0 Å². The van der Waals surface area contributed by atoms with Gasteiger partial charge in [-0.15, -0.1) is 4.91 Å². The summed E-state index contributed by atoms with van der Waals surface area (Å²) in [6.45, 7) is 0. The van der Waals surface area contributed by atoms with Crippen LogP contribution >= 0.6 is 0 Å². The van der Waals surface area contributed by atoms with E-state index in [-0.39, 0.29) is 48.3 Å². The average molecular weight is 137 g/mol. The molecular weight excluding hydrogens is 134 g/mol. The Morgan fingerprint density at radius 1 is 2.00 bits per heavy atom. The summed E-state index contributed by atoms with van der Waals surface area (Å²) in [5.41, 5.74) is 0. The van der Waals surface area contributed by atoms with Crippen LogP contribution in [0.15, 0.2) is 5.34 Å². The van der Waals surface area contributed by atoms with Crippen molar-refractivity contribution in [3.63, 3.8) is 0 Å². The van der Waals surface area contributed by atoms with Crippen LogP contribution in [0, 0.1) is 4.91 Å². The summed E-state index contributed by atoms with van der Waals surface area (Å²) in [6, 6.07) is 0. The standard InChI is InChI=1S/HNO2.Sr.2H/c2-1-3;;;/h(H,2,3);;;/q;+2;2*-1. The summed E-state index contributed by atoms with van der Waals surface area (Å²) in [4.78, 5) is 8.11. The minimum absolute atomic E-state index is 0. The van der Waals surface area contributed by atoms with Crippen LogP contribution in [0.4, 0.5) is 0 Å². The van der Waals surface area contributed by atoms with Gasteiger partial charge in [0.2, 0.25) is 0 Å².